The monoisotopic (exact) mass is 219 g/mol. The zero-order valence-corrected chi connectivity index (χ0v) is 9.73. The Kier molecular flexibility index (Phi) is 2.83. The Morgan fingerprint density at radius 2 is 2.19 bits per heavy atom. The van der Waals surface area contributed by atoms with Gasteiger partial charge in [0.2, 0.25) is 5.91 Å². The molecule has 1 aliphatic rings. The molecule has 0 bridgehead atoms. The third-order valence-electron chi connectivity index (χ3n) is 2.81. The van der Waals surface area contributed by atoms with E-state index < -0.39 is 0 Å². The van der Waals surface area contributed by atoms with E-state index in [1.807, 2.05) is 37.2 Å². The highest BCUT2D eigenvalue weighted by atomic mass is 16.2. The van der Waals surface area contributed by atoms with Crippen LogP contribution < -0.4 is 10.6 Å². The van der Waals surface area contributed by atoms with E-state index in [1.54, 1.807) is 0 Å². The predicted octanol–water partition coefficient (Wildman–Crippen LogP) is 0.720. The lowest BCUT2D eigenvalue weighted by Gasteiger charge is -2.20. The van der Waals surface area contributed by atoms with E-state index in [0.717, 1.165) is 30.0 Å². The number of fused-ring (bicyclic) bond motifs is 1. The number of hydrogen-bond acceptors (Lipinski definition) is 3. The van der Waals surface area contributed by atoms with Crippen molar-refractivity contribution < 1.29 is 4.79 Å². The summed E-state index contributed by atoms with van der Waals surface area (Å²) in [6, 6.07) is 5.67. The smallest absolute Gasteiger partial charge is 0.231 e. The molecule has 2 N–H and O–H groups in total. The molecule has 0 fully saturated rings. The summed E-state index contributed by atoms with van der Waals surface area (Å²) in [4.78, 5) is 15.7. The number of rotatable bonds is 3. The fraction of sp³-hybridized carbons (Fsp3) is 0.417. The summed E-state index contributed by atoms with van der Waals surface area (Å²) in [5.74, 6) is 0.169. The van der Waals surface area contributed by atoms with E-state index in [4.69, 9.17) is 5.73 Å². The molecule has 0 aliphatic carbocycles. The maximum absolute atomic E-state index is 11.8. The molecule has 0 radical (unpaired) electrons. The maximum Gasteiger partial charge on any atom is 0.231 e. The fourth-order valence-electron chi connectivity index (χ4n) is 1.95. The zero-order valence-electron chi connectivity index (χ0n) is 9.73. The Morgan fingerprint density at radius 3 is 2.88 bits per heavy atom. The summed E-state index contributed by atoms with van der Waals surface area (Å²) < 4.78 is 0. The van der Waals surface area contributed by atoms with Gasteiger partial charge in [-0.1, -0.05) is 0 Å². The molecule has 16 heavy (non-hydrogen) atoms. The molecule has 0 aromatic heterocycles. The molecule has 0 saturated heterocycles. The van der Waals surface area contributed by atoms with Gasteiger partial charge in [0.15, 0.2) is 0 Å². The average Bonchev–Trinajstić information content (AvgIpc) is 2.50. The number of benzene rings is 1. The molecule has 1 aromatic carbocycles. The molecule has 0 spiro atoms. The van der Waals surface area contributed by atoms with Crippen LogP contribution >= 0.6 is 0 Å². The molecule has 0 saturated carbocycles. The van der Waals surface area contributed by atoms with Gasteiger partial charge in [0, 0.05) is 24.5 Å². The number of nitrogens with two attached hydrogens (primary N) is 1. The third kappa shape index (κ3) is 2.02. The van der Waals surface area contributed by atoms with Crippen molar-refractivity contribution in [1.82, 2.24) is 4.90 Å². The van der Waals surface area contributed by atoms with E-state index in [0.29, 0.717) is 6.42 Å². The van der Waals surface area contributed by atoms with E-state index in [1.165, 1.54) is 0 Å². The highest BCUT2D eigenvalue weighted by Crippen LogP contribution is 2.30. The van der Waals surface area contributed by atoms with Crippen LogP contribution in [0.4, 0.5) is 11.4 Å². The quantitative estimate of drug-likeness (QED) is 0.762. The average molecular weight is 219 g/mol. The first-order valence-electron chi connectivity index (χ1n) is 5.41. The first kappa shape index (κ1) is 11.0. The van der Waals surface area contributed by atoms with Crippen molar-refractivity contribution >= 4 is 17.3 Å². The molecule has 86 valence electrons. The van der Waals surface area contributed by atoms with Crippen LogP contribution in [0.1, 0.15) is 5.56 Å². The van der Waals surface area contributed by atoms with Crippen molar-refractivity contribution in [3.8, 4) is 0 Å². The number of anilines is 2. The molecule has 1 aliphatic heterocycles. The maximum atomic E-state index is 11.8. The first-order valence-corrected chi connectivity index (χ1v) is 5.41. The fourth-order valence-corrected chi connectivity index (χ4v) is 1.95. The Labute approximate surface area is 95.6 Å². The summed E-state index contributed by atoms with van der Waals surface area (Å²) in [5.41, 5.74) is 8.49. The number of nitrogens with zero attached hydrogens (tertiary/aromatic N) is 2. The second kappa shape index (κ2) is 4.14. The van der Waals surface area contributed by atoms with Crippen molar-refractivity contribution in [3.63, 3.8) is 0 Å². The minimum atomic E-state index is 0.169. The van der Waals surface area contributed by atoms with Crippen molar-refractivity contribution in [2.45, 2.75) is 6.42 Å². The Hall–Kier alpha value is -1.55. The molecule has 1 amide bonds. The van der Waals surface area contributed by atoms with Gasteiger partial charge in [-0.2, -0.15) is 0 Å². The van der Waals surface area contributed by atoms with Gasteiger partial charge in [0.1, 0.15) is 0 Å². The van der Waals surface area contributed by atoms with E-state index in [2.05, 4.69) is 4.90 Å². The molecule has 2 rings (SSSR count). The minimum absolute atomic E-state index is 0.169. The number of carbonyl (C=O) groups is 1. The Bertz CT molecular complexity index is 415. The molecule has 1 aromatic rings. The summed E-state index contributed by atoms with van der Waals surface area (Å²) in [6.07, 6.45) is 0.480. The number of hydrogen-bond donors (Lipinski definition) is 1. The van der Waals surface area contributed by atoms with Crippen molar-refractivity contribution in [2.24, 2.45) is 0 Å². The number of carbonyl (C=O) groups excluding carboxylic acids is 1. The van der Waals surface area contributed by atoms with E-state index in [-0.39, 0.29) is 5.91 Å². The van der Waals surface area contributed by atoms with E-state index in [9.17, 15) is 4.79 Å². The number of likely N-dealkylation sites (N-methyl/N-ethyl adjacent to an activating group) is 1. The Morgan fingerprint density at radius 1 is 1.44 bits per heavy atom. The van der Waals surface area contributed by atoms with Gasteiger partial charge >= 0.3 is 0 Å². The molecular formula is C12H17N3O. The van der Waals surface area contributed by atoms with Gasteiger partial charge in [0.05, 0.1) is 6.42 Å². The topological polar surface area (TPSA) is 49.6 Å². The summed E-state index contributed by atoms with van der Waals surface area (Å²) in [6.45, 7) is 1.61. The number of nitrogen functional groups attached to an aromatic ring is 1. The van der Waals surface area contributed by atoms with Crippen molar-refractivity contribution in [2.75, 3.05) is 37.8 Å². The van der Waals surface area contributed by atoms with Crippen LogP contribution in [0, 0.1) is 0 Å². The normalized spacial score (nSPS) is 14.7. The summed E-state index contributed by atoms with van der Waals surface area (Å²) >= 11 is 0. The van der Waals surface area contributed by atoms with Crippen molar-refractivity contribution in [3.05, 3.63) is 23.8 Å². The molecule has 0 atom stereocenters. The lowest BCUT2D eigenvalue weighted by molar-refractivity contribution is -0.117. The molecule has 1 heterocycles. The second-order valence-corrected chi connectivity index (χ2v) is 4.41. The molecule has 4 heteroatoms. The van der Waals surface area contributed by atoms with Gasteiger partial charge in [-0.05, 0) is 37.9 Å². The third-order valence-corrected chi connectivity index (χ3v) is 2.81. The lowest BCUT2D eigenvalue weighted by Crippen LogP contribution is -2.33. The van der Waals surface area contributed by atoms with E-state index >= 15 is 0 Å². The van der Waals surface area contributed by atoms with Crippen LogP contribution in [-0.2, 0) is 11.2 Å². The first-order chi connectivity index (χ1) is 7.58. The SMILES string of the molecule is CN(C)CCN1C(=O)Cc2cc(N)ccc21. The summed E-state index contributed by atoms with van der Waals surface area (Å²) in [5, 5.41) is 0. The zero-order chi connectivity index (χ0) is 11.7. The molecule has 0 unspecified atom stereocenters. The van der Waals surface area contributed by atoms with Gasteiger partial charge < -0.3 is 15.5 Å². The van der Waals surface area contributed by atoms with Crippen LogP contribution in [0.2, 0.25) is 0 Å². The van der Waals surface area contributed by atoms with Gasteiger partial charge in [-0.25, -0.2) is 0 Å². The van der Waals surface area contributed by atoms with Gasteiger partial charge in [0.25, 0.3) is 0 Å². The van der Waals surface area contributed by atoms with Gasteiger partial charge in [-0.15, -0.1) is 0 Å². The lowest BCUT2D eigenvalue weighted by atomic mass is 10.1. The summed E-state index contributed by atoms with van der Waals surface area (Å²) in [7, 11) is 4.01. The van der Waals surface area contributed by atoms with Crippen molar-refractivity contribution in [1.29, 1.82) is 0 Å². The standard InChI is InChI=1S/C12H17N3O/c1-14(2)5-6-15-11-4-3-10(13)7-9(11)8-12(15)16/h3-4,7H,5-6,8,13H2,1-2H3. The van der Waals surface area contributed by atoms with Crippen LogP contribution in [0.15, 0.2) is 18.2 Å². The highest BCUT2D eigenvalue weighted by molar-refractivity contribution is 6.01. The second-order valence-electron chi connectivity index (χ2n) is 4.41. The van der Waals surface area contributed by atoms with Crippen LogP contribution in [-0.4, -0.2) is 38.0 Å². The number of amides is 1. The van der Waals surface area contributed by atoms with Crippen LogP contribution in [0.3, 0.4) is 0 Å². The molecule has 4 nitrogen and oxygen atoms in total. The molecular weight excluding hydrogens is 202 g/mol. The van der Waals surface area contributed by atoms with Crippen LogP contribution in [0.5, 0.6) is 0 Å². The Balaban J connectivity index is 2.19. The van der Waals surface area contributed by atoms with Gasteiger partial charge in [-0.3, -0.25) is 4.79 Å². The largest absolute Gasteiger partial charge is 0.399 e. The van der Waals surface area contributed by atoms with Crippen LogP contribution in [0.25, 0.3) is 0 Å². The predicted molar refractivity (Wildman–Crippen MR) is 65.5 cm³/mol. The highest BCUT2D eigenvalue weighted by Gasteiger charge is 2.26. The minimum Gasteiger partial charge on any atom is -0.399 e.